The summed E-state index contributed by atoms with van der Waals surface area (Å²) in [7, 11) is 0. The van der Waals surface area contributed by atoms with Crippen LogP contribution in [0.2, 0.25) is 0 Å². The average molecular weight is 374 g/mol. The molecular weight excluding hydrogens is 352 g/mol. The van der Waals surface area contributed by atoms with E-state index in [2.05, 4.69) is 5.32 Å². The second kappa shape index (κ2) is 8.35. The molecule has 2 amide bonds. The summed E-state index contributed by atoms with van der Waals surface area (Å²) in [5.74, 6) is -0.979. The molecule has 1 heterocycles. The highest BCUT2D eigenvalue weighted by molar-refractivity contribution is 5.95. The second-order valence-corrected chi connectivity index (χ2v) is 6.55. The molecule has 6 heteroatoms. The first-order chi connectivity index (χ1) is 13.4. The molecule has 0 bridgehead atoms. The number of aromatic nitrogens is 2. The second-order valence-electron chi connectivity index (χ2n) is 6.55. The Balaban J connectivity index is 1.95. The zero-order valence-corrected chi connectivity index (χ0v) is 15.8. The van der Waals surface area contributed by atoms with E-state index in [1.54, 1.807) is 17.7 Å². The summed E-state index contributed by atoms with van der Waals surface area (Å²) in [6.07, 6.45) is 4.93. The summed E-state index contributed by atoms with van der Waals surface area (Å²) in [5.41, 5.74) is 9.75. The number of hydrogen-bond acceptors (Lipinski definition) is 3. The van der Waals surface area contributed by atoms with Gasteiger partial charge in [-0.05, 0) is 32.1 Å². The predicted molar refractivity (Wildman–Crippen MR) is 110 cm³/mol. The number of carbonyl (C=O) groups is 2. The highest BCUT2D eigenvalue weighted by Gasteiger charge is 2.12. The number of hydrogen-bond donors (Lipinski definition) is 2. The molecule has 1 atom stereocenters. The van der Waals surface area contributed by atoms with E-state index in [9.17, 15) is 9.59 Å². The van der Waals surface area contributed by atoms with E-state index < -0.39 is 17.9 Å². The van der Waals surface area contributed by atoms with E-state index >= 15 is 0 Å². The van der Waals surface area contributed by atoms with Crippen LogP contribution in [0, 0.1) is 6.92 Å². The van der Waals surface area contributed by atoms with Gasteiger partial charge in [-0.1, -0.05) is 48.0 Å². The monoisotopic (exact) mass is 374 g/mol. The minimum atomic E-state index is -0.735. The van der Waals surface area contributed by atoms with Gasteiger partial charge in [0.1, 0.15) is 6.04 Å². The van der Waals surface area contributed by atoms with Gasteiger partial charge in [0.25, 0.3) is 0 Å². The van der Waals surface area contributed by atoms with E-state index in [1.807, 2.05) is 67.7 Å². The van der Waals surface area contributed by atoms with Crippen molar-refractivity contribution in [1.82, 2.24) is 15.1 Å². The number of nitrogens with one attached hydrogen (secondary N) is 1. The third-order valence-corrected chi connectivity index (χ3v) is 4.29. The van der Waals surface area contributed by atoms with Crippen LogP contribution in [0.3, 0.4) is 0 Å². The Hall–Kier alpha value is -3.67. The van der Waals surface area contributed by atoms with E-state index in [4.69, 9.17) is 10.8 Å². The van der Waals surface area contributed by atoms with Crippen molar-refractivity contribution in [3.05, 3.63) is 78.0 Å². The van der Waals surface area contributed by atoms with E-state index in [1.165, 1.54) is 6.08 Å². The van der Waals surface area contributed by atoms with Crippen molar-refractivity contribution in [3.8, 4) is 16.9 Å². The summed E-state index contributed by atoms with van der Waals surface area (Å²) < 4.78 is 1.78. The average Bonchev–Trinajstić information content (AvgIpc) is 3.12. The van der Waals surface area contributed by atoms with Gasteiger partial charge in [-0.2, -0.15) is 5.10 Å². The molecule has 0 aliphatic heterocycles. The predicted octanol–water partition coefficient (Wildman–Crippen LogP) is 2.85. The number of nitrogens with two attached hydrogens (primary N) is 1. The molecule has 28 heavy (non-hydrogen) atoms. The molecule has 3 N–H and O–H groups in total. The highest BCUT2D eigenvalue weighted by atomic mass is 16.2. The van der Waals surface area contributed by atoms with Crippen molar-refractivity contribution in [2.45, 2.75) is 19.9 Å². The molecule has 3 rings (SSSR count). The quantitative estimate of drug-likeness (QED) is 0.650. The first-order valence-electron chi connectivity index (χ1n) is 8.94. The molecule has 0 radical (unpaired) electrons. The molecule has 0 aliphatic carbocycles. The molecule has 6 nitrogen and oxygen atoms in total. The molecule has 0 fully saturated rings. The lowest BCUT2D eigenvalue weighted by atomic mass is 10.1. The minimum absolute atomic E-state index is 0.395. The van der Waals surface area contributed by atoms with Crippen molar-refractivity contribution >= 4 is 17.9 Å². The van der Waals surface area contributed by atoms with Gasteiger partial charge < -0.3 is 11.1 Å². The number of benzene rings is 2. The maximum Gasteiger partial charge on any atom is 0.244 e. The molecule has 0 saturated heterocycles. The van der Waals surface area contributed by atoms with Crippen molar-refractivity contribution in [3.63, 3.8) is 0 Å². The first kappa shape index (κ1) is 19.1. The summed E-state index contributed by atoms with van der Waals surface area (Å²) in [5, 5.41) is 7.23. The van der Waals surface area contributed by atoms with Gasteiger partial charge in [-0.25, -0.2) is 4.68 Å². The number of amides is 2. The molecule has 1 unspecified atom stereocenters. The number of aryl methyl sites for hydroxylation is 1. The molecule has 1 aromatic heterocycles. The first-order valence-corrected chi connectivity index (χ1v) is 8.94. The molecule has 2 aromatic carbocycles. The normalized spacial score (nSPS) is 12.1. The SMILES string of the molecule is Cc1ccc(-c2nn(-c3ccccc3)cc2/C=C/C(=O)NC(C)C(N)=O)cc1. The lowest BCUT2D eigenvalue weighted by Crippen LogP contribution is -2.41. The van der Waals surface area contributed by atoms with Crippen molar-refractivity contribution in [2.24, 2.45) is 5.73 Å². The third kappa shape index (κ3) is 4.54. The summed E-state index contributed by atoms with van der Waals surface area (Å²) in [6, 6.07) is 17.0. The summed E-state index contributed by atoms with van der Waals surface area (Å²) in [6.45, 7) is 3.57. The lowest BCUT2D eigenvalue weighted by Gasteiger charge is -2.07. The molecule has 3 aromatic rings. The lowest BCUT2D eigenvalue weighted by molar-refractivity contribution is -0.124. The minimum Gasteiger partial charge on any atom is -0.368 e. The number of nitrogens with zero attached hydrogens (tertiary/aromatic N) is 2. The van der Waals surface area contributed by atoms with Gasteiger partial charge in [0.15, 0.2) is 0 Å². The standard InChI is InChI=1S/C22H22N4O2/c1-15-8-10-17(11-9-15)21-18(12-13-20(27)24-16(2)22(23)28)14-26(25-21)19-6-4-3-5-7-19/h3-14,16H,1-2H3,(H2,23,28)(H,24,27)/b13-12+. The van der Waals surface area contributed by atoms with Crippen molar-refractivity contribution < 1.29 is 9.59 Å². The Labute approximate surface area is 163 Å². The van der Waals surface area contributed by atoms with Crippen LogP contribution in [0.15, 0.2) is 66.9 Å². The Morgan fingerprint density at radius 2 is 1.79 bits per heavy atom. The van der Waals surface area contributed by atoms with Crippen LogP contribution < -0.4 is 11.1 Å². The maximum atomic E-state index is 12.1. The Bertz CT molecular complexity index is 1000. The van der Waals surface area contributed by atoms with Crippen LogP contribution in [0.4, 0.5) is 0 Å². The topological polar surface area (TPSA) is 90.0 Å². The van der Waals surface area contributed by atoms with Gasteiger partial charge in [0.2, 0.25) is 11.8 Å². The van der Waals surface area contributed by atoms with Crippen LogP contribution in [-0.4, -0.2) is 27.6 Å². The number of carbonyl (C=O) groups excluding carboxylic acids is 2. The fourth-order valence-corrected chi connectivity index (χ4v) is 2.66. The summed E-state index contributed by atoms with van der Waals surface area (Å²) >= 11 is 0. The van der Waals surface area contributed by atoms with Crippen LogP contribution >= 0.6 is 0 Å². The van der Waals surface area contributed by atoms with Crippen molar-refractivity contribution in [2.75, 3.05) is 0 Å². The molecular formula is C22H22N4O2. The smallest absolute Gasteiger partial charge is 0.244 e. The van der Waals surface area contributed by atoms with Gasteiger partial charge >= 0.3 is 0 Å². The van der Waals surface area contributed by atoms with Crippen LogP contribution in [0.5, 0.6) is 0 Å². The zero-order valence-electron chi connectivity index (χ0n) is 15.8. The van der Waals surface area contributed by atoms with Gasteiger partial charge in [0.05, 0.1) is 11.4 Å². The molecule has 0 aliphatic rings. The Morgan fingerprint density at radius 1 is 1.11 bits per heavy atom. The van der Waals surface area contributed by atoms with Gasteiger partial charge in [-0.15, -0.1) is 0 Å². The van der Waals surface area contributed by atoms with E-state index in [0.717, 1.165) is 28.1 Å². The Morgan fingerprint density at radius 3 is 2.43 bits per heavy atom. The van der Waals surface area contributed by atoms with Crippen LogP contribution in [-0.2, 0) is 9.59 Å². The zero-order chi connectivity index (χ0) is 20.1. The van der Waals surface area contributed by atoms with Gasteiger partial charge in [0, 0.05) is 23.4 Å². The number of para-hydroxylation sites is 1. The largest absolute Gasteiger partial charge is 0.368 e. The molecule has 142 valence electrons. The fraction of sp³-hybridized carbons (Fsp3) is 0.136. The van der Waals surface area contributed by atoms with Crippen molar-refractivity contribution in [1.29, 1.82) is 0 Å². The van der Waals surface area contributed by atoms with Crippen LogP contribution in [0.1, 0.15) is 18.1 Å². The van der Waals surface area contributed by atoms with Gasteiger partial charge in [-0.3, -0.25) is 9.59 Å². The van der Waals surface area contributed by atoms with E-state index in [-0.39, 0.29) is 0 Å². The fourth-order valence-electron chi connectivity index (χ4n) is 2.66. The third-order valence-electron chi connectivity index (χ3n) is 4.29. The maximum absolute atomic E-state index is 12.1. The molecule has 0 saturated carbocycles. The molecule has 0 spiro atoms. The number of primary amides is 1. The Kier molecular flexibility index (Phi) is 5.69. The summed E-state index contributed by atoms with van der Waals surface area (Å²) in [4.78, 5) is 23.2. The highest BCUT2D eigenvalue weighted by Crippen LogP contribution is 2.25. The van der Waals surface area contributed by atoms with Crippen LogP contribution in [0.25, 0.3) is 23.0 Å². The van der Waals surface area contributed by atoms with E-state index in [0.29, 0.717) is 0 Å². The number of rotatable bonds is 6.